The topological polar surface area (TPSA) is 34.0 Å². The molecule has 1 unspecified atom stereocenters. The van der Waals surface area contributed by atoms with Gasteiger partial charge in [-0.2, -0.15) is 0 Å². The number of benzene rings is 2. The van der Waals surface area contributed by atoms with Crippen molar-refractivity contribution in [3.8, 4) is 5.75 Å². The summed E-state index contributed by atoms with van der Waals surface area (Å²) in [5, 5.41) is 0.694. The van der Waals surface area contributed by atoms with E-state index in [1.807, 2.05) is 61.3 Å². The highest BCUT2D eigenvalue weighted by Crippen LogP contribution is 2.32. The zero-order chi connectivity index (χ0) is 18.7. The van der Waals surface area contributed by atoms with Gasteiger partial charge in [0.05, 0.1) is 7.05 Å². The van der Waals surface area contributed by atoms with Crippen LogP contribution in [-0.4, -0.2) is 38.2 Å². The molecule has 0 saturated heterocycles. The van der Waals surface area contributed by atoms with Gasteiger partial charge in [-0.15, -0.1) is 0 Å². The van der Waals surface area contributed by atoms with Gasteiger partial charge in [-0.25, -0.2) is 0 Å². The van der Waals surface area contributed by atoms with Crippen molar-refractivity contribution in [2.45, 2.75) is 32.4 Å². The molecule has 2 aromatic carbocycles. The number of carbonyl (C=O) groups is 1. The van der Waals surface area contributed by atoms with Crippen LogP contribution in [-0.2, 0) is 11.2 Å². The molecule has 0 spiro atoms. The van der Waals surface area contributed by atoms with E-state index in [1.54, 1.807) is 0 Å². The zero-order valence-corrected chi connectivity index (χ0v) is 16.3. The molecule has 0 bridgehead atoms. The number of carbonyl (C=O) groups excluding carboxylic acids is 1. The van der Waals surface area contributed by atoms with Crippen LogP contribution in [0.2, 0.25) is 5.02 Å². The molecular formula is C21H26ClN2O2+. The van der Waals surface area contributed by atoms with Gasteiger partial charge < -0.3 is 14.5 Å². The van der Waals surface area contributed by atoms with Crippen molar-refractivity contribution >= 4 is 23.2 Å². The quantitative estimate of drug-likeness (QED) is 0.844. The number of halogens is 1. The summed E-state index contributed by atoms with van der Waals surface area (Å²) in [6.45, 7) is 5.41. The molecule has 0 saturated carbocycles. The predicted molar refractivity (Wildman–Crippen MR) is 105 cm³/mol. The van der Waals surface area contributed by atoms with Crippen LogP contribution in [0, 0.1) is 0 Å². The van der Waals surface area contributed by atoms with E-state index in [1.165, 1.54) is 5.56 Å². The Morgan fingerprint density at radius 3 is 2.69 bits per heavy atom. The Bertz CT molecular complexity index is 763. The summed E-state index contributed by atoms with van der Waals surface area (Å²) in [4.78, 5) is 16.2. The molecule has 0 aromatic heterocycles. The maximum absolute atomic E-state index is 13.1. The third-order valence-electron chi connectivity index (χ3n) is 5.13. The molecule has 3 rings (SSSR count). The summed E-state index contributed by atoms with van der Waals surface area (Å²) in [6.07, 6.45) is 0.924. The number of fused-ring (bicyclic) bond motifs is 1. The highest BCUT2D eigenvalue weighted by Gasteiger charge is 2.35. The average Bonchev–Trinajstić information content (AvgIpc) is 2.97. The number of likely N-dealkylation sites (N-methyl/N-ethyl adjacent to an activating group) is 1. The summed E-state index contributed by atoms with van der Waals surface area (Å²) in [5.41, 5.74) is 2.31. The molecule has 0 fully saturated rings. The Balaban J connectivity index is 1.57. The van der Waals surface area contributed by atoms with Crippen molar-refractivity contribution in [3.63, 3.8) is 0 Å². The SMILES string of the molecule is C[C@H]1Cc2ccccc2N1C(=O)[C@H](C)[NH+](C)CCOc1ccc(Cl)cc1. The van der Waals surface area contributed by atoms with Crippen molar-refractivity contribution in [1.29, 1.82) is 0 Å². The standard InChI is InChI=1S/C21H25ClN2O2/c1-15-14-17-6-4-5-7-20(17)24(15)21(25)16(2)23(3)12-13-26-19-10-8-18(22)9-11-19/h4-11,15-16H,12-14H2,1-3H3/p+1/t15-,16-/m0/s1. The maximum atomic E-state index is 13.1. The van der Waals surface area contributed by atoms with E-state index in [4.69, 9.17) is 16.3 Å². The Labute approximate surface area is 160 Å². The third-order valence-corrected chi connectivity index (χ3v) is 5.39. The summed E-state index contributed by atoms with van der Waals surface area (Å²) in [7, 11) is 2.04. The first-order valence-electron chi connectivity index (χ1n) is 9.09. The predicted octanol–water partition coefficient (Wildman–Crippen LogP) is 2.60. The molecular weight excluding hydrogens is 348 g/mol. The van der Waals surface area contributed by atoms with Crippen LogP contribution >= 0.6 is 11.6 Å². The Morgan fingerprint density at radius 1 is 1.27 bits per heavy atom. The molecule has 26 heavy (non-hydrogen) atoms. The minimum absolute atomic E-state index is 0.127. The lowest BCUT2D eigenvalue weighted by Gasteiger charge is -2.28. The molecule has 4 nitrogen and oxygen atoms in total. The van der Waals surface area contributed by atoms with Crippen molar-refractivity contribution in [3.05, 3.63) is 59.1 Å². The Hall–Kier alpha value is -2.04. The van der Waals surface area contributed by atoms with Crippen molar-refractivity contribution in [1.82, 2.24) is 0 Å². The van der Waals surface area contributed by atoms with E-state index in [9.17, 15) is 4.79 Å². The molecule has 138 valence electrons. The van der Waals surface area contributed by atoms with Gasteiger partial charge in [-0.3, -0.25) is 4.79 Å². The van der Waals surface area contributed by atoms with Crippen molar-refractivity contribution in [2.24, 2.45) is 0 Å². The first kappa shape index (κ1) is 18.7. The summed E-state index contributed by atoms with van der Waals surface area (Å²) < 4.78 is 5.76. The number of para-hydroxylation sites is 1. The van der Waals surface area contributed by atoms with Crippen LogP contribution in [0.1, 0.15) is 19.4 Å². The van der Waals surface area contributed by atoms with Crippen molar-refractivity contribution < 1.29 is 14.4 Å². The summed E-state index contributed by atoms with van der Waals surface area (Å²) in [5.74, 6) is 0.967. The minimum Gasteiger partial charge on any atom is -0.488 e. The van der Waals surface area contributed by atoms with Gasteiger partial charge in [-0.1, -0.05) is 29.8 Å². The number of hydrogen-bond donors (Lipinski definition) is 1. The molecule has 0 aliphatic carbocycles. The van der Waals surface area contributed by atoms with Gasteiger partial charge in [0.25, 0.3) is 5.91 Å². The summed E-state index contributed by atoms with van der Waals surface area (Å²) in [6, 6.07) is 15.6. The molecule has 1 N–H and O–H groups in total. The molecule has 2 aromatic rings. The first-order valence-corrected chi connectivity index (χ1v) is 9.47. The lowest BCUT2D eigenvalue weighted by Crippen LogP contribution is -3.14. The Morgan fingerprint density at radius 2 is 1.96 bits per heavy atom. The molecule has 1 aliphatic rings. The van der Waals surface area contributed by atoms with Crippen LogP contribution in [0.3, 0.4) is 0 Å². The van der Waals surface area contributed by atoms with Crippen LogP contribution in [0.5, 0.6) is 5.75 Å². The number of rotatable bonds is 6. The van der Waals surface area contributed by atoms with Gasteiger partial charge in [0, 0.05) is 16.8 Å². The zero-order valence-electron chi connectivity index (χ0n) is 15.5. The maximum Gasteiger partial charge on any atom is 0.285 e. The number of hydrogen-bond acceptors (Lipinski definition) is 2. The van der Waals surface area contributed by atoms with E-state index >= 15 is 0 Å². The van der Waals surface area contributed by atoms with Gasteiger partial charge in [0.2, 0.25) is 0 Å². The second kappa shape index (κ2) is 8.11. The number of anilines is 1. The molecule has 1 aliphatic heterocycles. The minimum atomic E-state index is -0.127. The molecule has 0 radical (unpaired) electrons. The molecule has 1 heterocycles. The van der Waals surface area contributed by atoms with Crippen LogP contribution in [0.25, 0.3) is 0 Å². The van der Waals surface area contributed by atoms with Gasteiger partial charge in [-0.05, 0) is 56.2 Å². The van der Waals surface area contributed by atoms with E-state index in [-0.39, 0.29) is 18.0 Å². The fraction of sp³-hybridized carbons (Fsp3) is 0.381. The van der Waals surface area contributed by atoms with E-state index in [0.717, 1.165) is 29.3 Å². The fourth-order valence-corrected chi connectivity index (χ4v) is 3.52. The lowest BCUT2D eigenvalue weighted by molar-refractivity contribution is -0.894. The van der Waals surface area contributed by atoms with Crippen LogP contribution in [0.15, 0.2) is 48.5 Å². The van der Waals surface area contributed by atoms with Crippen LogP contribution < -0.4 is 14.5 Å². The highest BCUT2D eigenvalue weighted by molar-refractivity contribution is 6.30. The van der Waals surface area contributed by atoms with E-state index in [0.29, 0.717) is 11.6 Å². The molecule has 3 atom stereocenters. The second-order valence-electron chi connectivity index (χ2n) is 7.01. The van der Waals surface area contributed by atoms with E-state index < -0.39 is 0 Å². The largest absolute Gasteiger partial charge is 0.488 e. The number of amides is 1. The van der Waals surface area contributed by atoms with Crippen LogP contribution in [0.4, 0.5) is 5.69 Å². The highest BCUT2D eigenvalue weighted by atomic mass is 35.5. The number of ether oxygens (including phenoxy) is 1. The second-order valence-corrected chi connectivity index (χ2v) is 7.45. The summed E-state index contributed by atoms with van der Waals surface area (Å²) >= 11 is 5.88. The Kier molecular flexibility index (Phi) is 5.84. The number of quaternary nitrogens is 1. The van der Waals surface area contributed by atoms with E-state index in [2.05, 4.69) is 13.0 Å². The van der Waals surface area contributed by atoms with Gasteiger partial charge in [0.1, 0.15) is 18.9 Å². The molecule has 1 amide bonds. The number of nitrogens with one attached hydrogen (secondary N) is 1. The van der Waals surface area contributed by atoms with Gasteiger partial charge >= 0.3 is 0 Å². The monoisotopic (exact) mass is 373 g/mol. The molecule has 5 heteroatoms. The van der Waals surface area contributed by atoms with Crippen molar-refractivity contribution in [2.75, 3.05) is 25.1 Å². The third kappa shape index (κ3) is 4.02. The normalized spacial score (nSPS) is 18.3. The number of nitrogens with zero attached hydrogens (tertiary/aromatic N) is 1. The first-order chi connectivity index (χ1) is 12.5. The van der Waals surface area contributed by atoms with Gasteiger partial charge in [0.15, 0.2) is 6.04 Å². The lowest BCUT2D eigenvalue weighted by atomic mass is 10.1. The smallest absolute Gasteiger partial charge is 0.285 e. The average molecular weight is 374 g/mol. The fourth-order valence-electron chi connectivity index (χ4n) is 3.40.